The van der Waals surface area contributed by atoms with Crippen LogP contribution in [0, 0.1) is 0 Å². The molecule has 2 heterocycles. The molecule has 2 rings (SSSR count). The van der Waals surface area contributed by atoms with Crippen LogP contribution in [0.5, 0.6) is 0 Å². The average molecular weight is 150 g/mol. The quantitative estimate of drug-likeness (QED) is 0.384. The lowest BCUT2D eigenvalue weighted by Gasteiger charge is -2.14. The van der Waals surface area contributed by atoms with Crippen molar-refractivity contribution in [2.75, 3.05) is 0 Å². The molecule has 0 aromatic heterocycles. The maximum atomic E-state index is 3.91. The van der Waals surface area contributed by atoms with E-state index in [9.17, 15) is 0 Å². The average Bonchev–Trinajstić information content (AvgIpc) is 2.58. The summed E-state index contributed by atoms with van der Waals surface area (Å²) in [5.74, 6) is 0.896. The van der Waals surface area contributed by atoms with Crippen LogP contribution in [-0.4, -0.2) is 0 Å². The van der Waals surface area contributed by atoms with Gasteiger partial charge in [0.15, 0.2) is 0 Å². The number of rotatable bonds is 0. The first-order valence-electron chi connectivity index (χ1n) is 3.26. The molecule has 11 heavy (non-hydrogen) atoms. The fraction of sp³-hybridized carbons (Fsp3) is 0. The first kappa shape index (κ1) is 6.26. The number of nitrogens with one attached hydrogen (secondary N) is 4. The molecule has 0 radical (unpaired) electrons. The van der Waals surface area contributed by atoms with Crippen LogP contribution in [0.1, 0.15) is 0 Å². The third-order valence-electron chi connectivity index (χ3n) is 1.41. The second-order valence-electron chi connectivity index (χ2n) is 2.11. The van der Waals surface area contributed by atoms with Gasteiger partial charge in [-0.2, -0.15) is 23.5 Å². The molecular formula is C6H8N5-. The molecule has 5 heteroatoms. The van der Waals surface area contributed by atoms with Crippen LogP contribution in [0.2, 0.25) is 0 Å². The molecule has 2 aliphatic heterocycles. The minimum atomic E-state index is 0.896. The predicted molar refractivity (Wildman–Crippen MR) is 41.2 cm³/mol. The van der Waals surface area contributed by atoms with E-state index in [-0.39, 0.29) is 0 Å². The summed E-state index contributed by atoms with van der Waals surface area (Å²) in [7, 11) is 0. The molecule has 58 valence electrons. The normalized spacial score (nSPS) is 21.1. The van der Waals surface area contributed by atoms with Crippen molar-refractivity contribution < 1.29 is 0 Å². The zero-order valence-corrected chi connectivity index (χ0v) is 5.76. The molecule has 0 saturated carbocycles. The second-order valence-corrected chi connectivity index (χ2v) is 2.11. The number of hydrogen-bond acceptors (Lipinski definition) is 4. The Morgan fingerprint density at radius 3 is 2.27 bits per heavy atom. The first-order chi connectivity index (χ1) is 5.47. The van der Waals surface area contributed by atoms with Crippen molar-refractivity contribution in [3.63, 3.8) is 0 Å². The Morgan fingerprint density at radius 1 is 1.00 bits per heavy atom. The van der Waals surface area contributed by atoms with Gasteiger partial charge in [0, 0.05) is 5.57 Å². The van der Waals surface area contributed by atoms with Crippen LogP contribution < -0.4 is 21.9 Å². The molecule has 0 spiro atoms. The van der Waals surface area contributed by atoms with Gasteiger partial charge in [0.25, 0.3) is 0 Å². The highest BCUT2D eigenvalue weighted by Crippen LogP contribution is 2.11. The van der Waals surface area contributed by atoms with Gasteiger partial charge >= 0.3 is 0 Å². The summed E-state index contributed by atoms with van der Waals surface area (Å²) in [5.41, 5.74) is 12.2. The van der Waals surface area contributed by atoms with E-state index >= 15 is 0 Å². The highest BCUT2D eigenvalue weighted by Gasteiger charge is 2.04. The van der Waals surface area contributed by atoms with Gasteiger partial charge in [-0.3, -0.25) is 10.9 Å². The predicted octanol–water partition coefficient (Wildman–Crippen LogP) is -0.270. The fourth-order valence-electron chi connectivity index (χ4n) is 0.882. The second kappa shape index (κ2) is 2.65. The largest absolute Gasteiger partial charge is 0.670 e. The van der Waals surface area contributed by atoms with Crippen molar-refractivity contribution in [2.45, 2.75) is 0 Å². The summed E-state index contributed by atoms with van der Waals surface area (Å²) in [5, 5.41) is 3.91. The molecule has 0 aliphatic carbocycles. The van der Waals surface area contributed by atoms with Gasteiger partial charge in [-0.25, -0.2) is 0 Å². The van der Waals surface area contributed by atoms with Crippen LogP contribution in [0.3, 0.4) is 0 Å². The summed E-state index contributed by atoms with van der Waals surface area (Å²) in [6, 6.07) is 0. The van der Waals surface area contributed by atoms with Crippen LogP contribution in [-0.2, 0) is 0 Å². The third-order valence-corrected chi connectivity index (χ3v) is 1.41. The maximum Gasteiger partial charge on any atom is 0.137 e. The lowest BCUT2D eigenvalue weighted by atomic mass is 10.2. The summed E-state index contributed by atoms with van der Waals surface area (Å²) in [4.78, 5) is 0. The lowest BCUT2D eigenvalue weighted by molar-refractivity contribution is 0.556. The van der Waals surface area contributed by atoms with Crippen LogP contribution in [0.25, 0.3) is 5.32 Å². The van der Waals surface area contributed by atoms with E-state index in [1.54, 1.807) is 12.4 Å². The maximum absolute atomic E-state index is 3.91. The zero-order valence-electron chi connectivity index (χ0n) is 5.76. The van der Waals surface area contributed by atoms with Crippen molar-refractivity contribution in [1.29, 1.82) is 0 Å². The Hall–Kier alpha value is -1.46. The van der Waals surface area contributed by atoms with Gasteiger partial charge in [0.05, 0.1) is 0 Å². The number of nitrogens with zero attached hydrogens (tertiary/aromatic N) is 1. The van der Waals surface area contributed by atoms with Crippen molar-refractivity contribution >= 4 is 0 Å². The van der Waals surface area contributed by atoms with Crippen LogP contribution in [0.15, 0.2) is 35.9 Å². The molecule has 0 unspecified atom stereocenters. The minimum absolute atomic E-state index is 0.896. The van der Waals surface area contributed by atoms with Gasteiger partial charge in [0.1, 0.15) is 5.82 Å². The van der Waals surface area contributed by atoms with Crippen molar-refractivity contribution in [3.05, 3.63) is 41.3 Å². The topological polar surface area (TPSA) is 62.2 Å². The summed E-state index contributed by atoms with van der Waals surface area (Å²) >= 11 is 0. The highest BCUT2D eigenvalue weighted by molar-refractivity contribution is 5.42. The van der Waals surface area contributed by atoms with E-state index in [0.717, 1.165) is 11.4 Å². The molecule has 1 fully saturated rings. The van der Waals surface area contributed by atoms with E-state index < -0.39 is 0 Å². The molecule has 0 aromatic carbocycles. The third kappa shape index (κ3) is 1.19. The molecule has 1 saturated heterocycles. The monoisotopic (exact) mass is 150 g/mol. The summed E-state index contributed by atoms with van der Waals surface area (Å²) < 4.78 is 0. The Balaban J connectivity index is 2.22. The van der Waals surface area contributed by atoms with Gasteiger partial charge in [-0.05, 0) is 0 Å². The smallest absolute Gasteiger partial charge is 0.137 e. The highest BCUT2D eigenvalue weighted by atomic mass is 15.8. The number of hydrogen-bond donors (Lipinski definition) is 4. The molecular weight excluding hydrogens is 142 g/mol. The molecule has 0 amide bonds. The van der Waals surface area contributed by atoms with Crippen LogP contribution in [0.4, 0.5) is 0 Å². The molecule has 4 N–H and O–H groups in total. The molecule has 0 aromatic rings. The van der Waals surface area contributed by atoms with Crippen molar-refractivity contribution in [3.8, 4) is 0 Å². The van der Waals surface area contributed by atoms with Gasteiger partial charge in [-0.1, -0.05) is 12.2 Å². The first-order valence-corrected chi connectivity index (χ1v) is 3.26. The SMILES string of the molecule is C1=CC(=C2NNNN2)C=C[N-]1. The van der Waals surface area contributed by atoms with E-state index in [1.165, 1.54) is 0 Å². The van der Waals surface area contributed by atoms with Gasteiger partial charge < -0.3 is 5.32 Å². The summed E-state index contributed by atoms with van der Waals surface area (Å²) in [6.45, 7) is 0. The summed E-state index contributed by atoms with van der Waals surface area (Å²) in [6.07, 6.45) is 7.29. The van der Waals surface area contributed by atoms with E-state index in [4.69, 9.17) is 0 Å². The Labute approximate surface area is 64.1 Å². The van der Waals surface area contributed by atoms with Crippen LogP contribution >= 0.6 is 0 Å². The van der Waals surface area contributed by atoms with Crippen molar-refractivity contribution in [2.24, 2.45) is 0 Å². The fourth-order valence-corrected chi connectivity index (χ4v) is 0.882. The van der Waals surface area contributed by atoms with E-state index in [0.29, 0.717) is 0 Å². The molecule has 5 nitrogen and oxygen atoms in total. The van der Waals surface area contributed by atoms with Crippen molar-refractivity contribution in [1.82, 2.24) is 21.9 Å². The van der Waals surface area contributed by atoms with E-state index in [2.05, 4.69) is 27.2 Å². The zero-order chi connectivity index (χ0) is 7.52. The Kier molecular flexibility index (Phi) is 1.51. The number of hydrazine groups is 3. The standard InChI is InChI=1S/C6H8N5/c1-3-7-4-2-5(1)6-8-10-11-9-6/h1-4,8-11H/q-1. The lowest BCUT2D eigenvalue weighted by Crippen LogP contribution is -2.33. The van der Waals surface area contributed by atoms with Gasteiger partial charge in [-0.15, -0.1) is 0 Å². The molecule has 2 aliphatic rings. The Bertz CT molecular complexity index is 217. The molecule has 0 atom stereocenters. The molecule has 0 bridgehead atoms. The number of allylic oxidation sites excluding steroid dienone is 3. The van der Waals surface area contributed by atoms with E-state index in [1.807, 2.05) is 12.2 Å². The minimum Gasteiger partial charge on any atom is -0.670 e. The van der Waals surface area contributed by atoms with Gasteiger partial charge in [0.2, 0.25) is 0 Å². The Morgan fingerprint density at radius 2 is 1.64 bits per heavy atom.